The van der Waals surface area contributed by atoms with Crippen molar-refractivity contribution >= 4 is 28.7 Å². The van der Waals surface area contributed by atoms with Gasteiger partial charge < -0.3 is 10.6 Å². The summed E-state index contributed by atoms with van der Waals surface area (Å²) in [6.45, 7) is 0. The van der Waals surface area contributed by atoms with Gasteiger partial charge in [-0.15, -0.1) is 0 Å². The molecule has 0 saturated heterocycles. The quantitative estimate of drug-likeness (QED) is 0.687. The van der Waals surface area contributed by atoms with Gasteiger partial charge in [-0.1, -0.05) is 30.3 Å². The molecule has 2 amide bonds. The number of fused-ring (bicyclic) bond motifs is 1. The second kappa shape index (κ2) is 5.61. The Hall–Kier alpha value is -2.56. The number of benzene rings is 2. The summed E-state index contributed by atoms with van der Waals surface area (Å²) in [6, 6.07) is 11.5. The van der Waals surface area contributed by atoms with Crippen molar-refractivity contribution in [3.63, 3.8) is 0 Å². The molecule has 0 atom stereocenters. The van der Waals surface area contributed by atoms with Gasteiger partial charge >= 0.3 is 6.03 Å². The minimum Gasteiger partial charge on any atom is -0.377 e. The summed E-state index contributed by atoms with van der Waals surface area (Å²) < 4.78 is 0. The lowest BCUT2D eigenvalue weighted by Crippen LogP contribution is -2.27. The van der Waals surface area contributed by atoms with E-state index in [4.69, 9.17) is 5.73 Å². The number of urea groups is 1. The Bertz CT molecular complexity index is 664. The van der Waals surface area contributed by atoms with Gasteiger partial charge in [0.25, 0.3) is 0 Å². The molecule has 104 valence electrons. The molecule has 0 spiro atoms. The first-order chi connectivity index (χ1) is 9.50. The van der Waals surface area contributed by atoms with E-state index in [1.165, 1.54) is 7.05 Å². The summed E-state index contributed by atoms with van der Waals surface area (Å²) in [5.74, 6) is 0. The fraction of sp³-hybridized carbons (Fsp3) is 0.200. The smallest absolute Gasteiger partial charge is 0.334 e. The second-order valence-electron chi connectivity index (χ2n) is 4.72. The normalized spacial score (nSPS) is 10.9. The molecule has 0 radical (unpaired) electrons. The molecule has 0 aromatic heterocycles. The first-order valence-electron chi connectivity index (χ1n) is 6.27. The van der Waals surface area contributed by atoms with Crippen LogP contribution in [0.3, 0.4) is 0 Å². The molecular weight excluding hydrogens is 252 g/mol. The third-order valence-electron chi connectivity index (χ3n) is 3.11. The highest BCUT2D eigenvalue weighted by molar-refractivity contribution is 6.05. The molecule has 0 heterocycles. The largest absolute Gasteiger partial charge is 0.377 e. The summed E-state index contributed by atoms with van der Waals surface area (Å²) in [5.41, 5.74) is 7.23. The molecule has 2 N–H and O–H groups in total. The van der Waals surface area contributed by atoms with Crippen LogP contribution in [0, 0.1) is 0 Å². The molecule has 5 nitrogen and oxygen atoms in total. The standard InChI is InChI=1S/C15H18N4O/c1-18(2)14-9-8-11(10-17-19(3)15(16)20)12-6-4-5-7-13(12)14/h4-10H,1-3H3,(H2,16,20). The number of carbonyl (C=O) groups is 1. The lowest BCUT2D eigenvalue weighted by molar-refractivity contribution is 0.220. The minimum absolute atomic E-state index is 0.588. The number of hydrazone groups is 1. The van der Waals surface area contributed by atoms with E-state index in [0.29, 0.717) is 0 Å². The average molecular weight is 270 g/mol. The predicted molar refractivity (Wildman–Crippen MR) is 83.2 cm³/mol. The Morgan fingerprint density at radius 2 is 1.75 bits per heavy atom. The molecule has 0 bridgehead atoms. The molecule has 0 aliphatic rings. The minimum atomic E-state index is -0.588. The highest BCUT2D eigenvalue weighted by Gasteiger charge is 2.06. The van der Waals surface area contributed by atoms with E-state index in [-0.39, 0.29) is 0 Å². The summed E-state index contributed by atoms with van der Waals surface area (Å²) in [7, 11) is 5.54. The fourth-order valence-corrected chi connectivity index (χ4v) is 2.01. The van der Waals surface area contributed by atoms with Crippen LogP contribution in [-0.4, -0.2) is 38.4 Å². The molecule has 0 aliphatic heterocycles. The van der Waals surface area contributed by atoms with Crippen LogP contribution in [0.2, 0.25) is 0 Å². The zero-order valence-electron chi connectivity index (χ0n) is 11.9. The number of nitrogens with zero attached hydrogens (tertiary/aromatic N) is 3. The third kappa shape index (κ3) is 2.71. The first-order valence-corrected chi connectivity index (χ1v) is 6.27. The van der Waals surface area contributed by atoms with Crippen LogP contribution >= 0.6 is 0 Å². The zero-order valence-corrected chi connectivity index (χ0v) is 11.9. The Morgan fingerprint density at radius 3 is 2.35 bits per heavy atom. The molecule has 2 aromatic rings. The Morgan fingerprint density at radius 1 is 1.10 bits per heavy atom. The topological polar surface area (TPSA) is 61.9 Å². The highest BCUT2D eigenvalue weighted by atomic mass is 16.2. The maximum absolute atomic E-state index is 11.0. The maximum Gasteiger partial charge on any atom is 0.334 e. The molecular formula is C15H18N4O. The van der Waals surface area contributed by atoms with Crippen LogP contribution in [0.4, 0.5) is 10.5 Å². The molecule has 2 aromatic carbocycles. The van der Waals surface area contributed by atoms with Gasteiger partial charge in [-0.25, -0.2) is 9.80 Å². The van der Waals surface area contributed by atoms with Gasteiger partial charge in [0.1, 0.15) is 0 Å². The van der Waals surface area contributed by atoms with E-state index < -0.39 is 6.03 Å². The molecule has 0 fully saturated rings. The third-order valence-corrected chi connectivity index (χ3v) is 3.11. The summed E-state index contributed by atoms with van der Waals surface area (Å²) in [4.78, 5) is 13.0. The number of primary amides is 1. The fourth-order valence-electron chi connectivity index (χ4n) is 2.01. The molecule has 2 rings (SSSR count). The van der Waals surface area contributed by atoms with E-state index in [1.807, 2.05) is 44.4 Å². The van der Waals surface area contributed by atoms with Gasteiger partial charge in [0, 0.05) is 37.8 Å². The van der Waals surface area contributed by atoms with Crippen LogP contribution in [0.25, 0.3) is 10.8 Å². The van der Waals surface area contributed by atoms with Crippen LogP contribution in [0.1, 0.15) is 5.56 Å². The molecule has 5 heteroatoms. The first kappa shape index (κ1) is 13.9. The lowest BCUT2D eigenvalue weighted by atomic mass is 10.0. The summed E-state index contributed by atoms with van der Waals surface area (Å²) >= 11 is 0. The van der Waals surface area contributed by atoms with Crippen molar-refractivity contribution in [3.05, 3.63) is 42.0 Å². The predicted octanol–water partition coefficient (Wildman–Crippen LogP) is 2.25. The van der Waals surface area contributed by atoms with Crippen LogP contribution in [0.15, 0.2) is 41.5 Å². The summed E-state index contributed by atoms with van der Waals surface area (Å²) in [6.07, 6.45) is 1.65. The van der Waals surface area contributed by atoms with Crippen LogP contribution < -0.4 is 10.6 Å². The maximum atomic E-state index is 11.0. The van der Waals surface area contributed by atoms with Crippen molar-refractivity contribution in [1.29, 1.82) is 0 Å². The van der Waals surface area contributed by atoms with E-state index in [9.17, 15) is 4.79 Å². The number of hydrogen-bond donors (Lipinski definition) is 1. The number of nitrogens with two attached hydrogens (primary N) is 1. The van der Waals surface area contributed by atoms with Crippen molar-refractivity contribution < 1.29 is 4.79 Å². The highest BCUT2D eigenvalue weighted by Crippen LogP contribution is 2.27. The van der Waals surface area contributed by atoms with Gasteiger partial charge in [-0.3, -0.25) is 0 Å². The average Bonchev–Trinajstić information content (AvgIpc) is 2.43. The molecule has 0 aliphatic carbocycles. The SMILES string of the molecule is CN(N=Cc1ccc(N(C)C)c2ccccc12)C(N)=O. The van der Waals surface area contributed by atoms with Crippen LogP contribution in [0.5, 0.6) is 0 Å². The van der Waals surface area contributed by atoms with Gasteiger partial charge in [0.05, 0.1) is 6.21 Å². The molecule has 0 unspecified atom stereocenters. The van der Waals surface area contributed by atoms with Crippen LogP contribution in [-0.2, 0) is 0 Å². The van der Waals surface area contributed by atoms with E-state index in [1.54, 1.807) is 6.21 Å². The van der Waals surface area contributed by atoms with E-state index >= 15 is 0 Å². The van der Waals surface area contributed by atoms with Crippen molar-refractivity contribution in [2.24, 2.45) is 10.8 Å². The van der Waals surface area contributed by atoms with Gasteiger partial charge in [-0.2, -0.15) is 5.10 Å². The van der Waals surface area contributed by atoms with E-state index in [0.717, 1.165) is 27.0 Å². The molecule has 20 heavy (non-hydrogen) atoms. The van der Waals surface area contributed by atoms with Crippen molar-refractivity contribution in [2.45, 2.75) is 0 Å². The van der Waals surface area contributed by atoms with Crippen molar-refractivity contribution in [2.75, 3.05) is 26.0 Å². The van der Waals surface area contributed by atoms with Crippen molar-refractivity contribution in [3.8, 4) is 0 Å². The second-order valence-corrected chi connectivity index (χ2v) is 4.72. The number of anilines is 1. The Labute approximate surface area is 118 Å². The van der Waals surface area contributed by atoms with Gasteiger partial charge in [0.2, 0.25) is 0 Å². The summed E-state index contributed by atoms with van der Waals surface area (Å²) in [5, 5.41) is 7.37. The lowest BCUT2D eigenvalue weighted by Gasteiger charge is -2.16. The number of hydrogen-bond acceptors (Lipinski definition) is 3. The van der Waals surface area contributed by atoms with Crippen molar-refractivity contribution in [1.82, 2.24) is 5.01 Å². The number of amides is 2. The Balaban J connectivity index is 2.51. The Kier molecular flexibility index (Phi) is 3.89. The number of rotatable bonds is 3. The van der Waals surface area contributed by atoms with Gasteiger partial charge in [-0.05, 0) is 11.5 Å². The zero-order chi connectivity index (χ0) is 14.7. The van der Waals surface area contributed by atoms with Gasteiger partial charge in [0.15, 0.2) is 0 Å². The van der Waals surface area contributed by atoms with E-state index in [2.05, 4.69) is 16.1 Å². The molecule has 0 saturated carbocycles. The monoisotopic (exact) mass is 270 g/mol. The number of carbonyl (C=O) groups excluding carboxylic acids is 1.